The van der Waals surface area contributed by atoms with Crippen molar-refractivity contribution in [3.63, 3.8) is 0 Å². The standard InChI is InChI=1S/C11H10FNS/c1-6-4-8(12)10-9(5-6)14-11(13-10)7-2-3-7/h4-5,7H,2-3H2,1H3. The molecule has 1 aliphatic rings. The van der Waals surface area contributed by atoms with E-state index in [2.05, 4.69) is 4.98 Å². The number of rotatable bonds is 1. The zero-order valence-electron chi connectivity index (χ0n) is 7.88. The smallest absolute Gasteiger partial charge is 0.150 e. The molecule has 3 rings (SSSR count). The van der Waals surface area contributed by atoms with Crippen LogP contribution in [0, 0.1) is 12.7 Å². The van der Waals surface area contributed by atoms with Gasteiger partial charge in [0, 0.05) is 5.92 Å². The Hall–Kier alpha value is -0.960. The Bertz CT molecular complexity index is 499. The first-order valence-electron chi connectivity index (χ1n) is 4.80. The van der Waals surface area contributed by atoms with Crippen LogP contribution in [-0.2, 0) is 0 Å². The van der Waals surface area contributed by atoms with E-state index < -0.39 is 0 Å². The van der Waals surface area contributed by atoms with Crippen LogP contribution in [0.25, 0.3) is 10.2 Å². The average molecular weight is 207 g/mol. The third-order valence-electron chi connectivity index (χ3n) is 2.54. The second-order valence-electron chi connectivity index (χ2n) is 3.92. The molecular weight excluding hydrogens is 197 g/mol. The molecule has 1 aromatic carbocycles. The molecule has 0 radical (unpaired) electrons. The van der Waals surface area contributed by atoms with E-state index in [0.29, 0.717) is 11.4 Å². The molecule has 2 aromatic rings. The molecule has 1 fully saturated rings. The quantitative estimate of drug-likeness (QED) is 0.696. The SMILES string of the molecule is Cc1cc(F)c2nc(C3CC3)sc2c1. The van der Waals surface area contributed by atoms with Gasteiger partial charge in [0.05, 0.1) is 9.71 Å². The first kappa shape index (κ1) is 8.36. The van der Waals surface area contributed by atoms with Gasteiger partial charge in [0.1, 0.15) is 5.52 Å². The summed E-state index contributed by atoms with van der Waals surface area (Å²) in [6.07, 6.45) is 2.45. The zero-order chi connectivity index (χ0) is 9.71. The maximum Gasteiger partial charge on any atom is 0.150 e. The van der Waals surface area contributed by atoms with Gasteiger partial charge in [0.15, 0.2) is 5.82 Å². The summed E-state index contributed by atoms with van der Waals surface area (Å²) in [5, 5.41) is 1.12. The lowest BCUT2D eigenvalue weighted by atomic mass is 10.2. The molecule has 0 spiro atoms. The number of nitrogens with zero attached hydrogens (tertiary/aromatic N) is 1. The number of hydrogen-bond acceptors (Lipinski definition) is 2. The monoisotopic (exact) mass is 207 g/mol. The van der Waals surface area contributed by atoms with Crippen molar-refractivity contribution in [2.24, 2.45) is 0 Å². The summed E-state index contributed by atoms with van der Waals surface area (Å²) in [5.41, 5.74) is 1.53. The van der Waals surface area contributed by atoms with Gasteiger partial charge in [-0.1, -0.05) is 0 Å². The molecule has 72 valence electrons. The summed E-state index contributed by atoms with van der Waals surface area (Å²) in [7, 11) is 0. The van der Waals surface area contributed by atoms with E-state index in [0.717, 1.165) is 15.3 Å². The Morgan fingerprint density at radius 1 is 1.43 bits per heavy atom. The first-order valence-corrected chi connectivity index (χ1v) is 5.62. The second kappa shape index (κ2) is 2.76. The molecule has 0 atom stereocenters. The van der Waals surface area contributed by atoms with Crippen molar-refractivity contribution in [3.05, 3.63) is 28.5 Å². The normalized spacial score (nSPS) is 16.4. The highest BCUT2D eigenvalue weighted by Crippen LogP contribution is 2.43. The number of fused-ring (bicyclic) bond motifs is 1. The van der Waals surface area contributed by atoms with E-state index in [1.54, 1.807) is 17.4 Å². The minimum Gasteiger partial charge on any atom is -0.238 e. The molecule has 0 aliphatic heterocycles. The Morgan fingerprint density at radius 2 is 2.21 bits per heavy atom. The Morgan fingerprint density at radius 3 is 2.93 bits per heavy atom. The van der Waals surface area contributed by atoms with E-state index in [4.69, 9.17) is 0 Å². The third kappa shape index (κ3) is 1.23. The molecular formula is C11H10FNS. The van der Waals surface area contributed by atoms with Crippen molar-refractivity contribution in [2.45, 2.75) is 25.7 Å². The van der Waals surface area contributed by atoms with Crippen molar-refractivity contribution in [2.75, 3.05) is 0 Å². The number of aromatic nitrogens is 1. The fourth-order valence-electron chi connectivity index (χ4n) is 1.64. The van der Waals surface area contributed by atoms with Crippen LogP contribution in [0.15, 0.2) is 12.1 Å². The summed E-state index contributed by atoms with van der Waals surface area (Å²) in [4.78, 5) is 4.36. The average Bonchev–Trinajstić information content (AvgIpc) is 2.87. The molecule has 0 unspecified atom stereocenters. The van der Waals surface area contributed by atoms with Crippen molar-refractivity contribution in [3.8, 4) is 0 Å². The second-order valence-corrected chi connectivity index (χ2v) is 4.98. The molecule has 0 saturated heterocycles. The molecule has 1 aromatic heterocycles. The fraction of sp³-hybridized carbons (Fsp3) is 0.364. The summed E-state index contributed by atoms with van der Waals surface area (Å²) < 4.78 is 14.5. The lowest BCUT2D eigenvalue weighted by Gasteiger charge is -1.92. The van der Waals surface area contributed by atoms with Gasteiger partial charge in [0.2, 0.25) is 0 Å². The van der Waals surface area contributed by atoms with Crippen LogP contribution < -0.4 is 0 Å². The summed E-state index contributed by atoms with van der Waals surface area (Å²) in [6, 6.07) is 3.57. The first-order chi connectivity index (χ1) is 6.74. The molecule has 1 aliphatic carbocycles. The number of benzene rings is 1. The largest absolute Gasteiger partial charge is 0.238 e. The van der Waals surface area contributed by atoms with E-state index in [-0.39, 0.29) is 5.82 Å². The zero-order valence-corrected chi connectivity index (χ0v) is 8.70. The predicted molar refractivity (Wildman–Crippen MR) is 56.3 cm³/mol. The summed E-state index contributed by atoms with van der Waals surface area (Å²) in [6.45, 7) is 1.92. The minimum absolute atomic E-state index is 0.178. The summed E-state index contributed by atoms with van der Waals surface area (Å²) >= 11 is 1.65. The molecule has 0 N–H and O–H groups in total. The number of aryl methyl sites for hydroxylation is 1. The van der Waals surface area contributed by atoms with E-state index in [1.807, 2.05) is 13.0 Å². The third-order valence-corrected chi connectivity index (χ3v) is 3.70. The van der Waals surface area contributed by atoms with Gasteiger partial charge in [-0.05, 0) is 37.5 Å². The molecule has 1 saturated carbocycles. The van der Waals surface area contributed by atoms with Crippen molar-refractivity contribution in [1.29, 1.82) is 0 Å². The lowest BCUT2D eigenvalue weighted by Crippen LogP contribution is -1.81. The lowest BCUT2D eigenvalue weighted by molar-refractivity contribution is 0.636. The van der Waals surface area contributed by atoms with Crippen molar-refractivity contribution < 1.29 is 4.39 Å². The van der Waals surface area contributed by atoms with Crippen LogP contribution in [0.1, 0.15) is 29.3 Å². The van der Waals surface area contributed by atoms with Crippen molar-refractivity contribution in [1.82, 2.24) is 4.98 Å². The van der Waals surface area contributed by atoms with Gasteiger partial charge < -0.3 is 0 Å². The van der Waals surface area contributed by atoms with Crippen LogP contribution in [0.4, 0.5) is 4.39 Å². The van der Waals surface area contributed by atoms with E-state index in [1.165, 1.54) is 12.8 Å². The van der Waals surface area contributed by atoms with Gasteiger partial charge in [-0.25, -0.2) is 9.37 Å². The minimum atomic E-state index is -0.178. The molecule has 0 amide bonds. The Balaban J connectivity index is 2.26. The molecule has 1 heterocycles. The van der Waals surface area contributed by atoms with Gasteiger partial charge in [-0.15, -0.1) is 11.3 Å². The van der Waals surface area contributed by atoms with Gasteiger partial charge in [0.25, 0.3) is 0 Å². The molecule has 0 bridgehead atoms. The fourth-order valence-corrected chi connectivity index (χ4v) is 2.89. The van der Waals surface area contributed by atoms with Crippen LogP contribution >= 0.6 is 11.3 Å². The maximum atomic E-state index is 13.5. The van der Waals surface area contributed by atoms with Crippen molar-refractivity contribution >= 4 is 21.6 Å². The molecule has 1 nitrogen and oxygen atoms in total. The molecule has 14 heavy (non-hydrogen) atoms. The predicted octanol–water partition coefficient (Wildman–Crippen LogP) is 3.62. The van der Waals surface area contributed by atoms with Crippen LogP contribution in [0.2, 0.25) is 0 Å². The van der Waals surface area contributed by atoms with Gasteiger partial charge >= 0.3 is 0 Å². The Labute approximate surface area is 85.6 Å². The highest BCUT2D eigenvalue weighted by atomic mass is 32.1. The topological polar surface area (TPSA) is 12.9 Å². The van der Waals surface area contributed by atoms with E-state index in [9.17, 15) is 4.39 Å². The van der Waals surface area contributed by atoms with Crippen LogP contribution in [-0.4, -0.2) is 4.98 Å². The van der Waals surface area contributed by atoms with Crippen LogP contribution in [0.3, 0.4) is 0 Å². The highest BCUT2D eigenvalue weighted by Gasteiger charge is 2.27. The number of halogens is 1. The van der Waals surface area contributed by atoms with Crippen LogP contribution in [0.5, 0.6) is 0 Å². The maximum absolute atomic E-state index is 13.5. The number of thiazole rings is 1. The van der Waals surface area contributed by atoms with E-state index >= 15 is 0 Å². The molecule has 3 heteroatoms. The van der Waals surface area contributed by atoms with Gasteiger partial charge in [-0.3, -0.25) is 0 Å². The summed E-state index contributed by atoms with van der Waals surface area (Å²) in [5.74, 6) is 0.440. The Kier molecular flexibility index (Phi) is 1.65. The highest BCUT2D eigenvalue weighted by molar-refractivity contribution is 7.18. The number of hydrogen-bond donors (Lipinski definition) is 0. The van der Waals surface area contributed by atoms with Gasteiger partial charge in [-0.2, -0.15) is 0 Å².